The van der Waals surface area contributed by atoms with Gasteiger partial charge in [-0.1, -0.05) is 71.0 Å². The lowest BCUT2D eigenvalue weighted by molar-refractivity contribution is 0.0526. The summed E-state index contributed by atoms with van der Waals surface area (Å²) in [6.07, 6.45) is 2.27. The van der Waals surface area contributed by atoms with Crippen molar-refractivity contribution in [2.45, 2.75) is 41.5 Å². The summed E-state index contributed by atoms with van der Waals surface area (Å²) < 4.78 is 5.32. The van der Waals surface area contributed by atoms with Crippen LogP contribution < -0.4 is 0 Å². The number of ether oxygens (including phenoxy) is 1. The highest BCUT2D eigenvalue weighted by molar-refractivity contribution is 6.05. The number of rotatable bonds is 4. The number of carbonyl (C=O) groups excluding carboxylic acids is 1. The van der Waals surface area contributed by atoms with E-state index in [1.165, 1.54) is 5.57 Å². The highest BCUT2D eigenvalue weighted by Gasteiger charge is 2.26. The van der Waals surface area contributed by atoms with Crippen molar-refractivity contribution in [2.75, 3.05) is 6.61 Å². The van der Waals surface area contributed by atoms with Crippen LogP contribution in [0.1, 0.15) is 57.5 Å². The fourth-order valence-corrected chi connectivity index (χ4v) is 2.98. The van der Waals surface area contributed by atoms with E-state index in [1.54, 1.807) is 0 Å². The summed E-state index contributed by atoms with van der Waals surface area (Å²) in [5.74, 6) is 0.144. The lowest BCUT2D eigenvalue weighted by Crippen LogP contribution is -2.15. The Kier molecular flexibility index (Phi) is 5.48. The molecule has 0 radical (unpaired) electrons. The number of carbonyl (C=O) groups is 1. The third kappa shape index (κ3) is 3.87. The van der Waals surface area contributed by atoms with Crippen molar-refractivity contribution in [2.24, 2.45) is 11.3 Å². The maximum Gasteiger partial charge on any atom is 0.338 e. The number of allylic oxidation sites excluding steroid dienone is 2. The molecule has 24 heavy (non-hydrogen) atoms. The van der Waals surface area contributed by atoms with Crippen LogP contribution in [-0.4, -0.2) is 12.6 Å². The first-order valence-electron chi connectivity index (χ1n) is 8.67. The monoisotopic (exact) mass is 324 g/mol. The van der Waals surface area contributed by atoms with Crippen LogP contribution in [0.4, 0.5) is 0 Å². The molecule has 0 fully saturated rings. The molecule has 0 spiro atoms. The first-order valence-corrected chi connectivity index (χ1v) is 8.67. The zero-order valence-electron chi connectivity index (χ0n) is 15.6. The second kappa shape index (κ2) is 7.21. The van der Waals surface area contributed by atoms with Gasteiger partial charge in [0.25, 0.3) is 0 Å². The van der Waals surface area contributed by atoms with E-state index in [2.05, 4.69) is 52.8 Å². The van der Waals surface area contributed by atoms with E-state index in [0.29, 0.717) is 18.1 Å². The van der Waals surface area contributed by atoms with Gasteiger partial charge in [0.15, 0.2) is 0 Å². The van der Waals surface area contributed by atoms with Gasteiger partial charge in [0.1, 0.15) is 0 Å². The average Bonchev–Trinajstić information content (AvgIpc) is 2.50. The smallest absolute Gasteiger partial charge is 0.338 e. The van der Waals surface area contributed by atoms with E-state index in [0.717, 1.165) is 16.3 Å². The highest BCUT2D eigenvalue weighted by Crippen LogP contribution is 2.40. The summed E-state index contributed by atoms with van der Waals surface area (Å²) >= 11 is 0. The van der Waals surface area contributed by atoms with Crippen LogP contribution in [0.3, 0.4) is 0 Å². The van der Waals surface area contributed by atoms with E-state index in [9.17, 15) is 4.79 Å². The number of benzene rings is 2. The SMILES string of the molecule is CCOC(=O)c1ccc2ccccc2c1/C(=C/C(C)C)C(C)(C)C. The maximum absolute atomic E-state index is 12.6. The van der Waals surface area contributed by atoms with Gasteiger partial charge in [-0.15, -0.1) is 0 Å². The molecule has 2 nitrogen and oxygen atoms in total. The number of esters is 1. The van der Waals surface area contributed by atoms with Crippen molar-refractivity contribution >= 4 is 22.3 Å². The summed E-state index contributed by atoms with van der Waals surface area (Å²) in [7, 11) is 0. The topological polar surface area (TPSA) is 26.3 Å². The number of hydrogen-bond donors (Lipinski definition) is 0. The summed E-state index contributed by atoms with van der Waals surface area (Å²) in [5, 5.41) is 2.24. The fraction of sp³-hybridized carbons (Fsp3) is 0.409. The van der Waals surface area contributed by atoms with Crippen molar-refractivity contribution in [1.29, 1.82) is 0 Å². The molecule has 2 aromatic rings. The Morgan fingerprint density at radius 2 is 1.79 bits per heavy atom. The largest absolute Gasteiger partial charge is 0.462 e. The fourth-order valence-electron chi connectivity index (χ4n) is 2.98. The van der Waals surface area contributed by atoms with Gasteiger partial charge in [-0.25, -0.2) is 4.79 Å². The summed E-state index contributed by atoms with van der Waals surface area (Å²) in [6.45, 7) is 13.1. The molecule has 0 saturated carbocycles. The Hall–Kier alpha value is -2.09. The first kappa shape index (κ1) is 18.3. The number of hydrogen-bond acceptors (Lipinski definition) is 2. The molecule has 0 amide bonds. The van der Waals surface area contributed by atoms with Gasteiger partial charge in [-0.05, 0) is 40.7 Å². The molecule has 0 aliphatic heterocycles. The quantitative estimate of drug-likeness (QED) is 0.635. The van der Waals surface area contributed by atoms with Crippen molar-refractivity contribution in [3.8, 4) is 0 Å². The average molecular weight is 324 g/mol. The minimum atomic E-state index is -0.253. The molecular weight excluding hydrogens is 296 g/mol. The van der Waals surface area contributed by atoms with Crippen LogP contribution in [0.25, 0.3) is 16.3 Å². The minimum absolute atomic E-state index is 0.0738. The van der Waals surface area contributed by atoms with Gasteiger partial charge in [0.05, 0.1) is 12.2 Å². The third-order valence-corrected chi connectivity index (χ3v) is 4.00. The van der Waals surface area contributed by atoms with Gasteiger partial charge in [-0.2, -0.15) is 0 Å². The van der Waals surface area contributed by atoms with Gasteiger partial charge in [0.2, 0.25) is 0 Å². The summed E-state index contributed by atoms with van der Waals surface area (Å²) in [6, 6.07) is 12.1. The molecule has 2 heteroatoms. The first-order chi connectivity index (χ1) is 11.3. The molecule has 0 bridgehead atoms. The lowest BCUT2D eigenvalue weighted by atomic mass is 9.77. The van der Waals surface area contributed by atoms with Crippen molar-refractivity contribution in [1.82, 2.24) is 0 Å². The van der Waals surface area contributed by atoms with Crippen molar-refractivity contribution < 1.29 is 9.53 Å². The highest BCUT2D eigenvalue weighted by atomic mass is 16.5. The predicted molar refractivity (Wildman–Crippen MR) is 102 cm³/mol. The van der Waals surface area contributed by atoms with E-state index < -0.39 is 0 Å². The van der Waals surface area contributed by atoms with Gasteiger partial charge in [0, 0.05) is 5.56 Å². The van der Waals surface area contributed by atoms with Crippen molar-refractivity contribution in [3.63, 3.8) is 0 Å². The summed E-state index contributed by atoms with van der Waals surface area (Å²) in [4.78, 5) is 12.6. The Balaban J connectivity index is 2.85. The maximum atomic E-state index is 12.6. The van der Waals surface area contributed by atoms with Gasteiger partial charge >= 0.3 is 5.97 Å². The Labute approximate surface area is 145 Å². The predicted octanol–water partition coefficient (Wildman–Crippen LogP) is 6.10. The number of fused-ring (bicyclic) bond motifs is 1. The Morgan fingerprint density at radius 1 is 1.12 bits per heavy atom. The van der Waals surface area contributed by atoms with E-state index in [-0.39, 0.29) is 11.4 Å². The van der Waals surface area contributed by atoms with Crippen LogP contribution in [0.2, 0.25) is 0 Å². The molecule has 0 aliphatic carbocycles. The molecule has 0 atom stereocenters. The second-order valence-electron chi connectivity index (χ2n) is 7.50. The van der Waals surface area contributed by atoms with Crippen LogP contribution in [0, 0.1) is 11.3 Å². The molecular formula is C22H28O2. The van der Waals surface area contributed by atoms with Crippen LogP contribution in [0.15, 0.2) is 42.5 Å². The molecule has 0 N–H and O–H groups in total. The van der Waals surface area contributed by atoms with Gasteiger partial charge < -0.3 is 4.74 Å². The molecule has 0 aromatic heterocycles. The van der Waals surface area contributed by atoms with E-state index in [4.69, 9.17) is 4.74 Å². The molecule has 0 saturated heterocycles. The Morgan fingerprint density at radius 3 is 2.38 bits per heavy atom. The molecule has 2 aromatic carbocycles. The van der Waals surface area contributed by atoms with E-state index in [1.807, 2.05) is 31.2 Å². The van der Waals surface area contributed by atoms with Crippen LogP contribution in [0.5, 0.6) is 0 Å². The molecule has 0 unspecified atom stereocenters. The van der Waals surface area contributed by atoms with Gasteiger partial charge in [-0.3, -0.25) is 0 Å². The van der Waals surface area contributed by atoms with Crippen molar-refractivity contribution in [3.05, 3.63) is 53.6 Å². The molecule has 0 aliphatic rings. The molecule has 128 valence electrons. The second-order valence-corrected chi connectivity index (χ2v) is 7.50. The lowest BCUT2D eigenvalue weighted by Gasteiger charge is -2.27. The standard InChI is InChI=1S/C22H28O2/c1-7-24-21(23)18-13-12-16-10-8-9-11-17(16)20(18)19(14-15(2)3)22(4,5)6/h8-15H,7H2,1-6H3/b19-14-. The van der Waals surface area contributed by atoms with Crippen LogP contribution >= 0.6 is 0 Å². The van der Waals surface area contributed by atoms with Crippen LogP contribution in [-0.2, 0) is 4.74 Å². The zero-order valence-corrected chi connectivity index (χ0v) is 15.6. The van der Waals surface area contributed by atoms with E-state index >= 15 is 0 Å². The molecule has 0 heterocycles. The third-order valence-electron chi connectivity index (χ3n) is 4.00. The Bertz CT molecular complexity index is 761. The zero-order chi connectivity index (χ0) is 17.9. The summed E-state index contributed by atoms with van der Waals surface area (Å²) in [5.41, 5.74) is 2.78. The molecule has 2 rings (SSSR count). The minimum Gasteiger partial charge on any atom is -0.462 e. The normalized spacial score (nSPS) is 12.7.